The van der Waals surface area contributed by atoms with Crippen LogP contribution in [-0.4, -0.2) is 20.6 Å². The lowest BCUT2D eigenvalue weighted by Gasteiger charge is -2.10. The highest BCUT2D eigenvalue weighted by molar-refractivity contribution is 9.10. The van der Waals surface area contributed by atoms with Gasteiger partial charge in [-0.15, -0.1) is 0 Å². The number of imidazole rings is 1. The van der Waals surface area contributed by atoms with Crippen molar-refractivity contribution >= 4 is 21.6 Å². The molecule has 0 atom stereocenters. The Morgan fingerprint density at radius 3 is 2.57 bits per heavy atom. The number of aliphatic hydroxyl groups is 1. The number of nitrogens with zero attached hydrogens (tertiary/aromatic N) is 2. The Morgan fingerprint density at radius 1 is 1.26 bits per heavy atom. The van der Waals surface area contributed by atoms with Crippen LogP contribution in [0.4, 0.5) is 0 Å². The average molecular weight is 375 g/mol. The Balaban J connectivity index is 2.10. The maximum absolute atomic E-state index is 9.82. The summed E-state index contributed by atoms with van der Waals surface area (Å²) in [6.45, 7) is 5.94. The molecule has 0 aliphatic carbocycles. The van der Waals surface area contributed by atoms with Gasteiger partial charge >= 0.3 is 0 Å². The van der Waals surface area contributed by atoms with Gasteiger partial charge in [-0.25, -0.2) is 4.98 Å². The summed E-state index contributed by atoms with van der Waals surface area (Å²) < 4.78 is 8.57. The van der Waals surface area contributed by atoms with Crippen LogP contribution >= 0.6 is 15.9 Å². The van der Waals surface area contributed by atoms with Crippen molar-refractivity contribution in [2.24, 2.45) is 0 Å². The molecular weight excluding hydrogens is 356 g/mol. The largest absolute Gasteiger partial charge is 0.491 e. The van der Waals surface area contributed by atoms with E-state index in [1.807, 2.05) is 61.7 Å². The van der Waals surface area contributed by atoms with Crippen LogP contribution in [0.15, 0.2) is 41.0 Å². The minimum atomic E-state index is -0.0728. The number of aliphatic hydroxyl groups excluding tert-OH is 1. The van der Waals surface area contributed by atoms with Crippen LogP contribution in [0.5, 0.6) is 5.75 Å². The minimum Gasteiger partial charge on any atom is -0.491 e. The Hall–Kier alpha value is -1.85. The summed E-state index contributed by atoms with van der Waals surface area (Å²) in [5.74, 6) is 0.831. The fraction of sp³-hybridized carbons (Fsp3) is 0.278. The van der Waals surface area contributed by atoms with Crippen LogP contribution < -0.4 is 4.74 Å². The Morgan fingerprint density at radius 2 is 1.96 bits per heavy atom. The summed E-state index contributed by atoms with van der Waals surface area (Å²) in [6.07, 6.45) is 2.07. The molecule has 5 heteroatoms. The summed E-state index contributed by atoms with van der Waals surface area (Å²) in [4.78, 5) is 4.73. The molecular formula is C18H19BrN2O2. The van der Waals surface area contributed by atoms with E-state index in [9.17, 15) is 5.11 Å². The second kappa shape index (κ2) is 6.34. The van der Waals surface area contributed by atoms with Crippen molar-refractivity contribution < 1.29 is 9.84 Å². The summed E-state index contributed by atoms with van der Waals surface area (Å²) in [5.41, 5.74) is 4.45. The van der Waals surface area contributed by atoms with Crippen LogP contribution in [-0.2, 0) is 6.61 Å². The SMILES string of the molecule is Cc1cc(Br)cn2c(CO)c(-c3ccc(OC(C)C)cc3)nc12. The predicted molar refractivity (Wildman–Crippen MR) is 94.8 cm³/mol. The van der Waals surface area contributed by atoms with E-state index in [0.717, 1.165) is 38.4 Å². The van der Waals surface area contributed by atoms with Crippen LogP contribution in [0.2, 0.25) is 0 Å². The second-order valence-corrected chi connectivity index (χ2v) is 6.71. The van der Waals surface area contributed by atoms with Gasteiger partial charge < -0.3 is 9.84 Å². The molecule has 3 rings (SSSR count). The summed E-state index contributed by atoms with van der Waals surface area (Å²) in [6, 6.07) is 9.84. The van der Waals surface area contributed by atoms with E-state index >= 15 is 0 Å². The van der Waals surface area contributed by atoms with Gasteiger partial charge in [-0.1, -0.05) is 0 Å². The molecule has 2 heterocycles. The summed E-state index contributed by atoms with van der Waals surface area (Å²) in [7, 11) is 0. The van der Waals surface area contributed by atoms with E-state index in [0.29, 0.717) is 0 Å². The van der Waals surface area contributed by atoms with Crippen molar-refractivity contribution in [3.05, 3.63) is 52.3 Å². The topological polar surface area (TPSA) is 46.8 Å². The van der Waals surface area contributed by atoms with Crippen LogP contribution in [0.25, 0.3) is 16.9 Å². The molecule has 0 unspecified atom stereocenters. The Kier molecular flexibility index (Phi) is 4.41. The monoisotopic (exact) mass is 374 g/mol. The predicted octanol–water partition coefficient (Wildman–Crippen LogP) is 4.35. The fourth-order valence-electron chi connectivity index (χ4n) is 2.66. The van der Waals surface area contributed by atoms with Gasteiger partial charge in [0, 0.05) is 16.2 Å². The Labute approximate surface area is 143 Å². The quantitative estimate of drug-likeness (QED) is 0.738. The number of aryl methyl sites for hydroxylation is 1. The van der Waals surface area contributed by atoms with Crippen molar-refractivity contribution in [2.45, 2.75) is 33.5 Å². The smallest absolute Gasteiger partial charge is 0.140 e. The zero-order chi connectivity index (χ0) is 16.6. The zero-order valence-corrected chi connectivity index (χ0v) is 15.0. The zero-order valence-electron chi connectivity index (χ0n) is 13.4. The van der Waals surface area contributed by atoms with E-state index < -0.39 is 0 Å². The van der Waals surface area contributed by atoms with Gasteiger partial charge in [0.05, 0.1) is 24.1 Å². The molecule has 1 aromatic carbocycles. The van der Waals surface area contributed by atoms with Gasteiger partial charge in [0.15, 0.2) is 0 Å². The number of fused-ring (bicyclic) bond motifs is 1. The van der Waals surface area contributed by atoms with Gasteiger partial charge in [-0.05, 0) is 72.6 Å². The maximum Gasteiger partial charge on any atom is 0.140 e. The lowest BCUT2D eigenvalue weighted by Crippen LogP contribution is -2.05. The summed E-state index contributed by atoms with van der Waals surface area (Å²) in [5, 5.41) is 9.82. The van der Waals surface area contributed by atoms with Crippen molar-refractivity contribution in [1.82, 2.24) is 9.38 Å². The second-order valence-electron chi connectivity index (χ2n) is 5.79. The number of rotatable bonds is 4. The van der Waals surface area contributed by atoms with Crippen LogP contribution in [0, 0.1) is 6.92 Å². The first-order valence-electron chi connectivity index (χ1n) is 7.54. The van der Waals surface area contributed by atoms with Crippen molar-refractivity contribution in [3.8, 4) is 17.0 Å². The first kappa shape index (κ1) is 16.0. The highest BCUT2D eigenvalue weighted by Gasteiger charge is 2.15. The fourth-order valence-corrected chi connectivity index (χ4v) is 3.21. The molecule has 23 heavy (non-hydrogen) atoms. The van der Waals surface area contributed by atoms with Crippen LogP contribution in [0.3, 0.4) is 0 Å². The molecule has 0 radical (unpaired) electrons. The lowest BCUT2D eigenvalue weighted by atomic mass is 10.1. The number of pyridine rings is 1. The molecule has 120 valence electrons. The third kappa shape index (κ3) is 3.12. The number of hydrogen-bond donors (Lipinski definition) is 1. The van der Waals surface area contributed by atoms with E-state index in [1.54, 1.807) is 0 Å². The van der Waals surface area contributed by atoms with Crippen molar-refractivity contribution in [2.75, 3.05) is 0 Å². The molecule has 4 nitrogen and oxygen atoms in total. The van der Waals surface area contributed by atoms with Gasteiger partial charge in [0.2, 0.25) is 0 Å². The molecule has 3 aromatic rings. The first-order valence-corrected chi connectivity index (χ1v) is 8.34. The van der Waals surface area contributed by atoms with E-state index in [2.05, 4.69) is 15.9 Å². The van der Waals surface area contributed by atoms with E-state index in [-0.39, 0.29) is 12.7 Å². The summed E-state index contributed by atoms with van der Waals surface area (Å²) >= 11 is 3.50. The number of halogens is 1. The number of ether oxygens (including phenoxy) is 1. The molecule has 1 N–H and O–H groups in total. The van der Waals surface area contributed by atoms with Crippen molar-refractivity contribution in [1.29, 1.82) is 0 Å². The number of hydrogen-bond acceptors (Lipinski definition) is 3. The third-order valence-electron chi connectivity index (χ3n) is 3.62. The van der Waals surface area contributed by atoms with E-state index in [1.165, 1.54) is 0 Å². The van der Waals surface area contributed by atoms with Gasteiger partial charge in [-0.3, -0.25) is 4.40 Å². The molecule has 2 aromatic heterocycles. The third-order valence-corrected chi connectivity index (χ3v) is 4.05. The number of benzene rings is 1. The Bertz CT molecular complexity index is 838. The van der Waals surface area contributed by atoms with Crippen LogP contribution in [0.1, 0.15) is 25.1 Å². The standard InChI is InChI=1S/C18H19BrN2O2/c1-11(2)23-15-6-4-13(5-7-15)17-16(10-22)21-9-14(19)8-12(3)18(21)20-17/h4-9,11,22H,10H2,1-3H3. The highest BCUT2D eigenvalue weighted by atomic mass is 79.9. The molecule has 0 aliphatic heterocycles. The minimum absolute atomic E-state index is 0.0728. The molecule has 0 aliphatic rings. The normalized spacial score (nSPS) is 11.4. The average Bonchev–Trinajstić information content (AvgIpc) is 2.86. The molecule has 0 bridgehead atoms. The highest BCUT2D eigenvalue weighted by Crippen LogP contribution is 2.29. The number of aromatic nitrogens is 2. The van der Waals surface area contributed by atoms with Gasteiger partial charge in [0.25, 0.3) is 0 Å². The molecule has 0 spiro atoms. The maximum atomic E-state index is 9.82. The molecule has 0 saturated carbocycles. The van der Waals surface area contributed by atoms with Crippen molar-refractivity contribution in [3.63, 3.8) is 0 Å². The van der Waals surface area contributed by atoms with Gasteiger partial charge in [-0.2, -0.15) is 0 Å². The molecule has 0 amide bonds. The lowest BCUT2D eigenvalue weighted by molar-refractivity contribution is 0.242. The molecule has 0 fully saturated rings. The van der Waals surface area contributed by atoms with Gasteiger partial charge in [0.1, 0.15) is 11.4 Å². The van der Waals surface area contributed by atoms with E-state index in [4.69, 9.17) is 9.72 Å². The molecule has 0 saturated heterocycles. The first-order chi connectivity index (χ1) is 11.0.